The van der Waals surface area contributed by atoms with Crippen molar-refractivity contribution in [3.63, 3.8) is 0 Å². The normalized spacial score (nSPS) is 10.2. The molecule has 0 bridgehead atoms. The summed E-state index contributed by atoms with van der Waals surface area (Å²) in [6.45, 7) is 3.79. The zero-order valence-electron chi connectivity index (χ0n) is 13.8. The lowest BCUT2D eigenvalue weighted by atomic mass is 10.2. The lowest BCUT2D eigenvalue weighted by Gasteiger charge is -2.12. The SMILES string of the molecule is CC(C)NC(=O)c1cccc(NC(=S)NC(=O)c2ccccc2Br)c1. The summed E-state index contributed by atoms with van der Waals surface area (Å²) in [5, 5.41) is 8.51. The summed E-state index contributed by atoms with van der Waals surface area (Å²) < 4.78 is 0.683. The van der Waals surface area contributed by atoms with Crippen LogP contribution in [0.1, 0.15) is 34.6 Å². The van der Waals surface area contributed by atoms with Gasteiger partial charge in [0.15, 0.2) is 5.11 Å². The van der Waals surface area contributed by atoms with Crippen molar-refractivity contribution in [2.24, 2.45) is 0 Å². The van der Waals surface area contributed by atoms with Gasteiger partial charge in [0.05, 0.1) is 5.56 Å². The molecule has 0 aliphatic carbocycles. The number of anilines is 1. The third-order valence-corrected chi connectivity index (χ3v) is 4.04. The van der Waals surface area contributed by atoms with E-state index in [4.69, 9.17) is 12.2 Å². The number of rotatable bonds is 4. The van der Waals surface area contributed by atoms with E-state index in [-0.39, 0.29) is 23.0 Å². The second kappa shape index (κ2) is 8.73. The van der Waals surface area contributed by atoms with E-state index < -0.39 is 0 Å². The number of hydrogen-bond donors (Lipinski definition) is 3. The van der Waals surface area contributed by atoms with Gasteiger partial charge in [-0.05, 0) is 72.3 Å². The Morgan fingerprint density at radius 3 is 2.44 bits per heavy atom. The Morgan fingerprint density at radius 2 is 1.76 bits per heavy atom. The second-order valence-electron chi connectivity index (χ2n) is 5.60. The molecule has 0 saturated carbocycles. The van der Waals surface area contributed by atoms with Gasteiger partial charge in [0.25, 0.3) is 11.8 Å². The first-order valence-corrected chi connectivity index (χ1v) is 8.84. The summed E-state index contributed by atoms with van der Waals surface area (Å²) in [4.78, 5) is 24.3. The fraction of sp³-hybridized carbons (Fsp3) is 0.167. The van der Waals surface area contributed by atoms with Gasteiger partial charge in [0, 0.05) is 21.8 Å². The van der Waals surface area contributed by atoms with Crippen molar-refractivity contribution in [1.29, 1.82) is 0 Å². The first kappa shape index (κ1) is 19.1. The van der Waals surface area contributed by atoms with Gasteiger partial charge in [-0.15, -0.1) is 0 Å². The van der Waals surface area contributed by atoms with Gasteiger partial charge < -0.3 is 10.6 Å². The van der Waals surface area contributed by atoms with Crippen molar-refractivity contribution in [2.45, 2.75) is 19.9 Å². The smallest absolute Gasteiger partial charge is 0.258 e. The van der Waals surface area contributed by atoms with Crippen molar-refractivity contribution < 1.29 is 9.59 Å². The van der Waals surface area contributed by atoms with Crippen LogP contribution < -0.4 is 16.0 Å². The lowest BCUT2D eigenvalue weighted by molar-refractivity contribution is 0.0941. The van der Waals surface area contributed by atoms with Gasteiger partial charge in [-0.2, -0.15) is 0 Å². The molecule has 0 unspecified atom stereocenters. The topological polar surface area (TPSA) is 70.2 Å². The summed E-state index contributed by atoms with van der Waals surface area (Å²) >= 11 is 8.51. The van der Waals surface area contributed by atoms with E-state index >= 15 is 0 Å². The van der Waals surface area contributed by atoms with Gasteiger partial charge in [-0.25, -0.2) is 0 Å². The van der Waals surface area contributed by atoms with Crippen LogP contribution in [-0.4, -0.2) is 23.0 Å². The summed E-state index contributed by atoms with van der Waals surface area (Å²) in [6, 6.07) is 14.0. The van der Waals surface area contributed by atoms with Crippen molar-refractivity contribution in [3.05, 3.63) is 64.1 Å². The molecule has 2 amide bonds. The highest BCUT2D eigenvalue weighted by molar-refractivity contribution is 9.10. The van der Waals surface area contributed by atoms with Crippen LogP contribution in [0.4, 0.5) is 5.69 Å². The van der Waals surface area contributed by atoms with Crippen LogP contribution in [0.5, 0.6) is 0 Å². The summed E-state index contributed by atoms with van der Waals surface area (Å²) in [5.41, 5.74) is 1.61. The van der Waals surface area contributed by atoms with Crippen molar-refractivity contribution in [2.75, 3.05) is 5.32 Å². The maximum absolute atomic E-state index is 12.2. The molecule has 3 N–H and O–H groups in total. The van der Waals surface area contributed by atoms with Crippen LogP contribution in [-0.2, 0) is 0 Å². The van der Waals surface area contributed by atoms with E-state index in [1.54, 1.807) is 42.5 Å². The number of carbonyl (C=O) groups excluding carboxylic acids is 2. The minimum Gasteiger partial charge on any atom is -0.350 e. The summed E-state index contributed by atoms with van der Waals surface area (Å²) in [6.07, 6.45) is 0. The molecule has 0 aliphatic rings. The highest BCUT2D eigenvalue weighted by atomic mass is 79.9. The van der Waals surface area contributed by atoms with Crippen LogP contribution in [0, 0.1) is 0 Å². The Bertz CT molecular complexity index is 808. The fourth-order valence-corrected chi connectivity index (χ4v) is 2.74. The molecule has 2 rings (SSSR count). The van der Waals surface area contributed by atoms with E-state index in [1.165, 1.54) is 0 Å². The van der Waals surface area contributed by atoms with E-state index in [0.717, 1.165) is 0 Å². The Labute approximate surface area is 160 Å². The largest absolute Gasteiger partial charge is 0.350 e. The molecule has 0 radical (unpaired) electrons. The average molecular weight is 420 g/mol. The zero-order valence-corrected chi connectivity index (χ0v) is 16.2. The fourth-order valence-electron chi connectivity index (χ4n) is 2.06. The third kappa shape index (κ3) is 5.65. The molecule has 0 saturated heterocycles. The zero-order chi connectivity index (χ0) is 18.4. The second-order valence-corrected chi connectivity index (χ2v) is 6.86. The van der Waals surface area contributed by atoms with Crippen molar-refractivity contribution in [1.82, 2.24) is 10.6 Å². The number of carbonyl (C=O) groups is 2. The number of benzene rings is 2. The van der Waals surface area contributed by atoms with Gasteiger partial charge in [-0.3, -0.25) is 14.9 Å². The van der Waals surface area contributed by atoms with E-state index in [0.29, 0.717) is 21.3 Å². The number of halogens is 1. The predicted octanol–water partition coefficient (Wildman–Crippen LogP) is 3.71. The quantitative estimate of drug-likeness (QED) is 0.660. The van der Waals surface area contributed by atoms with Gasteiger partial charge in [-0.1, -0.05) is 18.2 Å². The summed E-state index contributed by atoms with van der Waals surface area (Å²) in [5.74, 6) is -0.486. The molecule has 130 valence electrons. The number of thiocarbonyl (C=S) groups is 1. The maximum atomic E-state index is 12.2. The van der Waals surface area contributed by atoms with Crippen LogP contribution in [0.15, 0.2) is 53.0 Å². The molecule has 0 aromatic heterocycles. The molecule has 5 nitrogen and oxygen atoms in total. The van der Waals surface area contributed by atoms with Gasteiger partial charge >= 0.3 is 0 Å². The van der Waals surface area contributed by atoms with E-state index in [9.17, 15) is 9.59 Å². The molecule has 2 aromatic carbocycles. The lowest BCUT2D eigenvalue weighted by Crippen LogP contribution is -2.34. The Balaban J connectivity index is 2.02. The summed E-state index contributed by atoms with van der Waals surface area (Å²) in [7, 11) is 0. The molecular formula is C18H18BrN3O2S. The molecule has 0 fully saturated rings. The molecule has 0 aliphatic heterocycles. The maximum Gasteiger partial charge on any atom is 0.258 e. The molecular weight excluding hydrogens is 402 g/mol. The number of nitrogens with one attached hydrogen (secondary N) is 3. The van der Waals surface area contributed by atoms with Crippen LogP contribution >= 0.6 is 28.1 Å². The van der Waals surface area contributed by atoms with E-state index in [1.807, 2.05) is 19.9 Å². The minimum atomic E-state index is -0.321. The third-order valence-electron chi connectivity index (χ3n) is 3.15. The highest BCUT2D eigenvalue weighted by Gasteiger charge is 2.12. The minimum absolute atomic E-state index is 0.0498. The molecule has 0 heterocycles. The Kier molecular flexibility index (Phi) is 6.66. The monoisotopic (exact) mass is 419 g/mol. The van der Waals surface area contributed by atoms with Crippen molar-refractivity contribution >= 4 is 50.8 Å². The van der Waals surface area contributed by atoms with Crippen LogP contribution in [0.25, 0.3) is 0 Å². The Morgan fingerprint density at radius 1 is 1.04 bits per heavy atom. The standard InChI is InChI=1S/C18H18BrN3O2S/c1-11(2)20-16(23)12-6-5-7-13(10-12)21-18(25)22-17(24)14-8-3-4-9-15(14)19/h3-11H,1-2H3,(H,20,23)(H2,21,22,24,25). The van der Waals surface area contributed by atoms with Crippen molar-refractivity contribution in [3.8, 4) is 0 Å². The highest BCUT2D eigenvalue weighted by Crippen LogP contribution is 2.16. The van der Waals surface area contributed by atoms with Crippen LogP contribution in [0.2, 0.25) is 0 Å². The molecule has 0 spiro atoms. The molecule has 2 aromatic rings. The first-order chi connectivity index (χ1) is 11.9. The molecule has 0 atom stereocenters. The predicted molar refractivity (Wildman–Crippen MR) is 107 cm³/mol. The average Bonchev–Trinajstić information content (AvgIpc) is 2.54. The molecule has 25 heavy (non-hydrogen) atoms. The molecule has 7 heteroatoms. The van der Waals surface area contributed by atoms with Gasteiger partial charge in [0.1, 0.15) is 0 Å². The Hall–Kier alpha value is -2.25. The van der Waals surface area contributed by atoms with Gasteiger partial charge in [0.2, 0.25) is 0 Å². The number of amides is 2. The van der Waals surface area contributed by atoms with E-state index in [2.05, 4.69) is 31.9 Å². The number of hydrogen-bond acceptors (Lipinski definition) is 3. The first-order valence-electron chi connectivity index (χ1n) is 7.64. The van der Waals surface area contributed by atoms with Crippen LogP contribution in [0.3, 0.4) is 0 Å².